The molecule has 0 heterocycles. The highest BCUT2D eigenvalue weighted by molar-refractivity contribution is 5.83. The molecule has 0 aromatic rings. The van der Waals surface area contributed by atoms with Crippen LogP contribution in [0.15, 0.2) is 0 Å². The minimum atomic E-state index is -0.0831. The summed E-state index contributed by atoms with van der Waals surface area (Å²) in [5.41, 5.74) is 0.764. The van der Waals surface area contributed by atoms with Crippen molar-refractivity contribution in [3.05, 3.63) is 0 Å². The second-order valence-corrected chi connectivity index (χ2v) is 13.7. The molecule has 3 heteroatoms. The number of esters is 1. The summed E-state index contributed by atoms with van der Waals surface area (Å²) in [5, 5.41) is 0. The maximum Gasteiger partial charge on any atom is 0.302 e. The van der Waals surface area contributed by atoms with Crippen LogP contribution in [0.25, 0.3) is 0 Å². The maximum absolute atomic E-state index is 12.3. The summed E-state index contributed by atoms with van der Waals surface area (Å²) in [6.07, 6.45) is 12.3. The number of carbonyl (C=O) groups is 2. The zero-order valence-electron chi connectivity index (χ0n) is 22.1. The lowest BCUT2D eigenvalue weighted by Crippen LogP contribution is -2.59. The van der Waals surface area contributed by atoms with E-state index in [1.54, 1.807) is 6.92 Å². The molecule has 5 fully saturated rings. The van der Waals surface area contributed by atoms with E-state index < -0.39 is 0 Å². The molecule has 5 aliphatic carbocycles. The van der Waals surface area contributed by atoms with E-state index in [0.717, 1.165) is 24.7 Å². The number of ether oxygens (including phenoxy) is 1. The van der Waals surface area contributed by atoms with Crippen molar-refractivity contribution in [1.29, 1.82) is 0 Å². The molecule has 0 aliphatic heterocycles. The first kappa shape index (κ1) is 23.9. The normalized spacial score (nSPS) is 51.6. The number of Topliss-reactive ketones (excluding diaryl/α,β-unsaturated/α-hetero) is 1. The van der Waals surface area contributed by atoms with E-state index in [-0.39, 0.29) is 12.1 Å². The minimum absolute atomic E-state index is 0.0831. The average Bonchev–Trinajstić information content (AvgIpc) is 3.48. The summed E-state index contributed by atoms with van der Waals surface area (Å²) in [7, 11) is 0. The molecule has 186 valence electrons. The van der Waals surface area contributed by atoms with Gasteiger partial charge < -0.3 is 4.74 Å². The zero-order chi connectivity index (χ0) is 23.7. The van der Waals surface area contributed by atoms with Gasteiger partial charge in [-0.1, -0.05) is 41.0 Å². The van der Waals surface area contributed by atoms with Crippen molar-refractivity contribution in [3.8, 4) is 0 Å². The van der Waals surface area contributed by atoms with Crippen LogP contribution in [0.3, 0.4) is 0 Å². The lowest BCUT2D eigenvalue weighted by Gasteiger charge is -2.63. The molecule has 33 heavy (non-hydrogen) atoms. The Bertz CT molecular complexity index is 789. The van der Waals surface area contributed by atoms with E-state index in [1.807, 2.05) is 6.92 Å². The molecule has 3 nitrogen and oxygen atoms in total. The Kier molecular flexibility index (Phi) is 6.05. The molecule has 6 unspecified atom stereocenters. The first-order valence-electron chi connectivity index (χ1n) is 14.3. The highest BCUT2D eigenvalue weighted by atomic mass is 16.5. The van der Waals surface area contributed by atoms with Crippen LogP contribution in [0.2, 0.25) is 0 Å². The summed E-state index contributed by atoms with van der Waals surface area (Å²) in [4.78, 5) is 24.6. The molecule has 0 amide bonds. The Balaban J connectivity index is 1.41. The molecule has 0 N–H and O–H groups in total. The fourth-order valence-corrected chi connectivity index (χ4v) is 10.4. The largest absolute Gasteiger partial charge is 0.462 e. The predicted octanol–water partition coefficient (Wildman–Crippen LogP) is 7.07. The van der Waals surface area contributed by atoms with Crippen LogP contribution in [0.1, 0.15) is 106 Å². The van der Waals surface area contributed by atoms with Gasteiger partial charge in [-0.2, -0.15) is 0 Å². The Morgan fingerprint density at radius 1 is 0.970 bits per heavy atom. The molecule has 0 aromatic carbocycles. The van der Waals surface area contributed by atoms with Gasteiger partial charge in [0.1, 0.15) is 11.9 Å². The van der Waals surface area contributed by atoms with Crippen molar-refractivity contribution in [2.75, 3.05) is 0 Å². The van der Waals surface area contributed by atoms with Gasteiger partial charge in [0, 0.05) is 25.2 Å². The minimum Gasteiger partial charge on any atom is -0.462 e. The van der Waals surface area contributed by atoms with Crippen molar-refractivity contribution in [3.63, 3.8) is 0 Å². The molecule has 5 rings (SSSR count). The first-order chi connectivity index (χ1) is 15.6. The van der Waals surface area contributed by atoms with Crippen LogP contribution in [0.5, 0.6) is 0 Å². The molecular weight excluding hydrogens is 408 g/mol. The van der Waals surface area contributed by atoms with Crippen molar-refractivity contribution >= 4 is 11.8 Å². The Labute approximate surface area is 202 Å². The van der Waals surface area contributed by atoms with Gasteiger partial charge in [0.25, 0.3) is 0 Å². The van der Waals surface area contributed by atoms with Crippen LogP contribution in [-0.2, 0) is 14.3 Å². The van der Waals surface area contributed by atoms with E-state index in [1.165, 1.54) is 44.9 Å². The van der Waals surface area contributed by atoms with Gasteiger partial charge in [0.05, 0.1) is 0 Å². The molecule has 0 saturated heterocycles. The zero-order valence-corrected chi connectivity index (χ0v) is 22.1. The summed E-state index contributed by atoms with van der Waals surface area (Å²) < 4.78 is 6.18. The highest BCUT2D eigenvalue weighted by Crippen LogP contribution is 2.70. The molecular formula is C30H48O3. The summed E-state index contributed by atoms with van der Waals surface area (Å²) in [5.74, 6) is 6.16. The topological polar surface area (TPSA) is 43.4 Å². The lowest BCUT2D eigenvalue weighted by atomic mass is 9.43. The molecule has 12 atom stereocenters. The molecule has 0 bridgehead atoms. The smallest absolute Gasteiger partial charge is 0.302 e. The highest BCUT2D eigenvalue weighted by Gasteiger charge is 2.64. The van der Waals surface area contributed by atoms with Gasteiger partial charge in [0.15, 0.2) is 0 Å². The van der Waals surface area contributed by atoms with E-state index in [2.05, 4.69) is 27.7 Å². The van der Waals surface area contributed by atoms with Gasteiger partial charge in [-0.15, -0.1) is 0 Å². The molecule has 5 aliphatic rings. The first-order valence-corrected chi connectivity index (χ1v) is 14.3. The van der Waals surface area contributed by atoms with Crippen molar-refractivity contribution in [2.45, 2.75) is 112 Å². The monoisotopic (exact) mass is 456 g/mol. The van der Waals surface area contributed by atoms with Crippen LogP contribution in [-0.4, -0.2) is 17.9 Å². The quantitative estimate of drug-likeness (QED) is 0.415. The fraction of sp³-hybridized carbons (Fsp3) is 0.933. The van der Waals surface area contributed by atoms with E-state index >= 15 is 0 Å². The third kappa shape index (κ3) is 3.74. The fourth-order valence-electron chi connectivity index (χ4n) is 10.4. The summed E-state index contributed by atoms with van der Waals surface area (Å²) in [6.45, 7) is 13.7. The second-order valence-electron chi connectivity index (χ2n) is 13.7. The standard InChI is InChI=1S/C30H48O3/c1-7-26(32)22-16-21(22)18(3)23-8-9-24-28-25(11-13-30(23,24)6)29(5)12-10-17(2)14-20(29)15-27(28)33-19(4)31/h17-18,20-25,27-28H,7-16H2,1-6H3/t17-,18-,20+,21?,22?,23?,24?,25?,27-,28?,29+,30-/m1/s1. The number of rotatable bonds is 5. The van der Waals surface area contributed by atoms with Gasteiger partial charge >= 0.3 is 5.97 Å². The third-order valence-corrected chi connectivity index (χ3v) is 12.2. The Hall–Kier alpha value is -0.860. The summed E-state index contributed by atoms with van der Waals surface area (Å²) >= 11 is 0. The van der Waals surface area contributed by atoms with E-state index in [9.17, 15) is 9.59 Å². The van der Waals surface area contributed by atoms with Crippen LogP contribution in [0.4, 0.5) is 0 Å². The molecule has 0 aromatic heterocycles. The van der Waals surface area contributed by atoms with Crippen molar-refractivity contribution in [1.82, 2.24) is 0 Å². The van der Waals surface area contributed by atoms with E-state index in [0.29, 0.717) is 64.5 Å². The second kappa shape index (κ2) is 8.37. The maximum atomic E-state index is 12.3. The number of hydrogen-bond acceptors (Lipinski definition) is 3. The molecule has 5 saturated carbocycles. The Morgan fingerprint density at radius 2 is 1.67 bits per heavy atom. The van der Waals surface area contributed by atoms with Gasteiger partial charge in [-0.05, 0) is 104 Å². The van der Waals surface area contributed by atoms with Crippen molar-refractivity contribution in [2.24, 2.45) is 64.1 Å². The lowest BCUT2D eigenvalue weighted by molar-refractivity contribution is -0.191. The van der Waals surface area contributed by atoms with Crippen molar-refractivity contribution < 1.29 is 14.3 Å². The number of hydrogen-bond donors (Lipinski definition) is 0. The van der Waals surface area contributed by atoms with Crippen LogP contribution >= 0.6 is 0 Å². The molecule has 0 spiro atoms. The Morgan fingerprint density at radius 3 is 2.36 bits per heavy atom. The van der Waals surface area contributed by atoms with Crippen LogP contribution in [0, 0.1) is 64.1 Å². The number of carbonyl (C=O) groups excluding carboxylic acids is 2. The van der Waals surface area contributed by atoms with E-state index in [4.69, 9.17) is 4.74 Å². The van der Waals surface area contributed by atoms with Crippen LogP contribution < -0.4 is 0 Å². The summed E-state index contributed by atoms with van der Waals surface area (Å²) in [6, 6.07) is 0. The molecule has 0 radical (unpaired) electrons. The average molecular weight is 457 g/mol. The van der Waals surface area contributed by atoms with Gasteiger partial charge in [-0.25, -0.2) is 0 Å². The third-order valence-electron chi connectivity index (χ3n) is 12.2. The van der Waals surface area contributed by atoms with Gasteiger partial charge in [-0.3, -0.25) is 9.59 Å². The number of fused-ring (bicyclic) bond motifs is 5. The predicted molar refractivity (Wildman–Crippen MR) is 131 cm³/mol. The number of ketones is 1. The SMILES string of the molecule is CCC(=O)C1CC1[C@@H](C)C1CCC2C3C(CC[C@@]21C)[C@@]1(C)CC[C@@H](C)C[C@H]1C[C@H]3OC(C)=O. The van der Waals surface area contributed by atoms with Gasteiger partial charge in [0.2, 0.25) is 0 Å².